The number of nitrogens with one attached hydrogen (secondary N) is 2. The van der Waals surface area contributed by atoms with Gasteiger partial charge in [-0.1, -0.05) is 60.7 Å². The summed E-state index contributed by atoms with van der Waals surface area (Å²) in [6.07, 6.45) is 1.03. The average Bonchev–Trinajstić information content (AvgIpc) is 3.01. The Labute approximate surface area is 130 Å². The molecule has 0 unspecified atom stereocenters. The van der Waals surface area contributed by atoms with Gasteiger partial charge in [-0.25, -0.2) is 0 Å². The maximum absolute atomic E-state index is 4.69. The fraction of sp³-hybridized carbons (Fsp3) is 0.211. The molecule has 0 amide bonds. The van der Waals surface area contributed by atoms with Crippen LogP contribution < -0.4 is 5.32 Å². The maximum atomic E-state index is 4.69. The minimum Gasteiger partial charge on any atom is -0.312 e. The Hall–Kier alpha value is -2.39. The van der Waals surface area contributed by atoms with Crippen LogP contribution in [0.5, 0.6) is 0 Å². The molecule has 4 rings (SSSR count). The summed E-state index contributed by atoms with van der Waals surface area (Å²) in [7, 11) is 0. The molecule has 0 atom stereocenters. The lowest BCUT2D eigenvalue weighted by Gasteiger charge is -2.20. The first-order valence-corrected chi connectivity index (χ1v) is 7.80. The fourth-order valence-corrected chi connectivity index (χ4v) is 3.29. The van der Waals surface area contributed by atoms with Crippen LogP contribution in [-0.2, 0) is 13.0 Å². The standard InChI is InChI=1S/C19H19N3/c1-3-7-14(8-4-1)18(15-9-5-2-6-10-15)19-16-13-20-12-11-17(16)21-22-19/h1-10,18,20H,11-13H2,(H,21,22). The topological polar surface area (TPSA) is 40.7 Å². The molecule has 1 aliphatic heterocycles. The van der Waals surface area contributed by atoms with E-state index in [2.05, 4.69) is 76.2 Å². The van der Waals surface area contributed by atoms with E-state index in [1.807, 2.05) is 0 Å². The molecule has 0 radical (unpaired) electrons. The Morgan fingerprint density at radius 3 is 2.14 bits per heavy atom. The van der Waals surface area contributed by atoms with Crippen LogP contribution in [-0.4, -0.2) is 16.7 Å². The van der Waals surface area contributed by atoms with Crippen LogP contribution in [0.25, 0.3) is 0 Å². The number of hydrogen-bond acceptors (Lipinski definition) is 2. The molecule has 0 saturated carbocycles. The van der Waals surface area contributed by atoms with Crippen molar-refractivity contribution in [3.8, 4) is 0 Å². The summed E-state index contributed by atoms with van der Waals surface area (Å²) in [6.45, 7) is 1.92. The second-order valence-electron chi connectivity index (χ2n) is 5.75. The van der Waals surface area contributed by atoms with Gasteiger partial charge >= 0.3 is 0 Å². The number of fused-ring (bicyclic) bond motifs is 1. The van der Waals surface area contributed by atoms with E-state index >= 15 is 0 Å². The normalized spacial score (nSPS) is 14.0. The fourth-order valence-electron chi connectivity index (χ4n) is 3.29. The molecule has 110 valence electrons. The van der Waals surface area contributed by atoms with Gasteiger partial charge in [0.05, 0.1) is 11.6 Å². The first-order valence-electron chi connectivity index (χ1n) is 7.80. The maximum Gasteiger partial charge on any atom is 0.0788 e. The highest BCUT2D eigenvalue weighted by Gasteiger charge is 2.25. The number of hydrogen-bond donors (Lipinski definition) is 2. The van der Waals surface area contributed by atoms with Crippen molar-refractivity contribution in [2.45, 2.75) is 18.9 Å². The van der Waals surface area contributed by atoms with Crippen LogP contribution in [0.4, 0.5) is 0 Å². The quantitative estimate of drug-likeness (QED) is 0.777. The molecule has 1 aliphatic rings. The molecular weight excluding hydrogens is 270 g/mol. The Kier molecular flexibility index (Phi) is 3.49. The summed E-state index contributed by atoms with van der Waals surface area (Å²) in [4.78, 5) is 0. The number of benzene rings is 2. The van der Waals surface area contributed by atoms with E-state index in [-0.39, 0.29) is 5.92 Å². The lowest BCUT2D eigenvalue weighted by atomic mass is 9.86. The van der Waals surface area contributed by atoms with E-state index in [9.17, 15) is 0 Å². The third-order valence-electron chi connectivity index (χ3n) is 4.38. The highest BCUT2D eigenvalue weighted by molar-refractivity contribution is 5.44. The second kappa shape index (κ2) is 5.78. The van der Waals surface area contributed by atoms with Gasteiger partial charge < -0.3 is 5.32 Å². The van der Waals surface area contributed by atoms with Crippen LogP contribution in [0.3, 0.4) is 0 Å². The lowest BCUT2D eigenvalue weighted by molar-refractivity contribution is 0.633. The molecule has 0 aliphatic carbocycles. The van der Waals surface area contributed by atoms with Gasteiger partial charge in [0.25, 0.3) is 0 Å². The Morgan fingerprint density at radius 2 is 1.50 bits per heavy atom. The summed E-state index contributed by atoms with van der Waals surface area (Å²) < 4.78 is 0. The summed E-state index contributed by atoms with van der Waals surface area (Å²) in [6, 6.07) is 21.3. The smallest absolute Gasteiger partial charge is 0.0788 e. The van der Waals surface area contributed by atoms with E-state index in [1.165, 1.54) is 22.4 Å². The molecular formula is C19H19N3. The monoisotopic (exact) mass is 289 g/mol. The number of aromatic amines is 1. The van der Waals surface area contributed by atoms with E-state index in [4.69, 9.17) is 0 Å². The van der Waals surface area contributed by atoms with E-state index in [0.717, 1.165) is 25.2 Å². The van der Waals surface area contributed by atoms with Crippen molar-refractivity contribution in [2.24, 2.45) is 0 Å². The van der Waals surface area contributed by atoms with Crippen molar-refractivity contribution >= 4 is 0 Å². The van der Waals surface area contributed by atoms with E-state index in [0.29, 0.717) is 0 Å². The zero-order valence-corrected chi connectivity index (χ0v) is 12.4. The Morgan fingerprint density at radius 1 is 0.864 bits per heavy atom. The van der Waals surface area contributed by atoms with Crippen molar-refractivity contribution < 1.29 is 0 Å². The molecule has 22 heavy (non-hydrogen) atoms. The number of aromatic nitrogens is 2. The van der Waals surface area contributed by atoms with Crippen LogP contribution in [0.2, 0.25) is 0 Å². The molecule has 2 aromatic carbocycles. The predicted octanol–water partition coefficient (Wildman–Crippen LogP) is 3.24. The van der Waals surface area contributed by atoms with E-state index in [1.54, 1.807) is 0 Å². The van der Waals surface area contributed by atoms with Crippen molar-refractivity contribution in [1.82, 2.24) is 15.5 Å². The van der Waals surface area contributed by atoms with Crippen LogP contribution in [0, 0.1) is 0 Å². The third-order valence-corrected chi connectivity index (χ3v) is 4.38. The predicted molar refractivity (Wildman–Crippen MR) is 87.8 cm³/mol. The molecule has 2 N–H and O–H groups in total. The minimum absolute atomic E-state index is 0.183. The largest absolute Gasteiger partial charge is 0.312 e. The van der Waals surface area contributed by atoms with Crippen molar-refractivity contribution in [3.05, 3.63) is 88.7 Å². The van der Waals surface area contributed by atoms with Crippen LogP contribution >= 0.6 is 0 Å². The zero-order valence-electron chi connectivity index (χ0n) is 12.4. The third kappa shape index (κ3) is 2.34. The minimum atomic E-state index is 0.183. The van der Waals surface area contributed by atoms with Gasteiger partial charge in [0.2, 0.25) is 0 Å². The van der Waals surface area contributed by atoms with Gasteiger partial charge in [0.1, 0.15) is 0 Å². The molecule has 3 heteroatoms. The lowest BCUT2D eigenvalue weighted by Crippen LogP contribution is -2.24. The number of H-pyrrole nitrogens is 1. The second-order valence-corrected chi connectivity index (χ2v) is 5.75. The SMILES string of the molecule is c1ccc(C(c2ccccc2)c2n[nH]c3c2CNCC3)cc1. The van der Waals surface area contributed by atoms with Gasteiger partial charge in [-0.2, -0.15) is 5.10 Å². The first-order chi connectivity index (χ1) is 10.9. The highest BCUT2D eigenvalue weighted by atomic mass is 15.1. The zero-order chi connectivity index (χ0) is 14.8. The molecule has 0 fully saturated rings. The average molecular weight is 289 g/mol. The Balaban J connectivity index is 1.86. The van der Waals surface area contributed by atoms with Crippen molar-refractivity contribution in [2.75, 3.05) is 6.54 Å². The van der Waals surface area contributed by atoms with E-state index < -0.39 is 0 Å². The number of nitrogens with zero attached hydrogens (tertiary/aromatic N) is 1. The summed E-state index contributed by atoms with van der Waals surface area (Å²) in [5.41, 5.74) is 6.34. The molecule has 1 aromatic heterocycles. The Bertz CT molecular complexity index is 707. The van der Waals surface area contributed by atoms with Crippen LogP contribution in [0.1, 0.15) is 34.0 Å². The number of rotatable bonds is 3. The molecule has 0 saturated heterocycles. The molecule has 0 bridgehead atoms. The summed E-state index contributed by atoms with van der Waals surface area (Å²) in [5.74, 6) is 0.183. The molecule has 3 aromatic rings. The van der Waals surface area contributed by atoms with Gasteiger partial charge in [-0.3, -0.25) is 5.10 Å². The van der Waals surface area contributed by atoms with Gasteiger partial charge in [-0.15, -0.1) is 0 Å². The molecule has 2 heterocycles. The summed E-state index contributed by atoms with van der Waals surface area (Å²) in [5, 5.41) is 11.4. The van der Waals surface area contributed by atoms with Crippen LogP contribution in [0.15, 0.2) is 60.7 Å². The first kappa shape index (κ1) is 13.3. The van der Waals surface area contributed by atoms with Gasteiger partial charge in [-0.05, 0) is 11.1 Å². The van der Waals surface area contributed by atoms with Crippen molar-refractivity contribution in [3.63, 3.8) is 0 Å². The molecule has 3 nitrogen and oxygen atoms in total. The highest BCUT2D eigenvalue weighted by Crippen LogP contribution is 2.34. The van der Waals surface area contributed by atoms with Gasteiger partial charge in [0.15, 0.2) is 0 Å². The van der Waals surface area contributed by atoms with Crippen molar-refractivity contribution in [1.29, 1.82) is 0 Å². The summed E-state index contributed by atoms with van der Waals surface area (Å²) >= 11 is 0. The van der Waals surface area contributed by atoms with Gasteiger partial charge in [0, 0.05) is 30.8 Å². The molecule has 0 spiro atoms.